The van der Waals surface area contributed by atoms with E-state index in [1.54, 1.807) is 6.92 Å². The van der Waals surface area contributed by atoms with Gasteiger partial charge in [0.2, 0.25) is 0 Å². The molecule has 2 unspecified atom stereocenters. The Hall–Kier alpha value is -0.120. The first-order valence-electron chi connectivity index (χ1n) is 2.90. The molecule has 0 fully saturated rings. The van der Waals surface area contributed by atoms with Gasteiger partial charge in [-0.3, -0.25) is 0 Å². The van der Waals surface area contributed by atoms with Crippen LogP contribution in [-0.4, -0.2) is 35.6 Å². The van der Waals surface area contributed by atoms with Crippen molar-refractivity contribution in [2.45, 2.75) is 19.1 Å². The lowest BCUT2D eigenvalue weighted by Gasteiger charge is -2.10. The maximum Gasteiger partial charge on any atom is 0.0808 e. The van der Waals surface area contributed by atoms with Crippen molar-refractivity contribution in [2.75, 3.05) is 13.2 Å². The highest BCUT2D eigenvalue weighted by Crippen LogP contribution is 1.89. The lowest BCUT2D eigenvalue weighted by atomic mass is 10.4. The van der Waals surface area contributed by atoms with Crippen molar-refractivity contribution in [3.8, 4) is 0 Å². The van der Waals surface area contributed by atoms with Crippen LogP contribution >= 0.6 is 0 Å². The third-order valence-corrected chi connectivity index (χ3v) is 0.777. The summed E-state index contributed by atoms with van der Waals surface area (Å²) >= 11 is 0. The Bertz CT molecular complexity index is 63.3. The first-order valence-corrected chi connectivity index (χ1v) is 2.90. The molecular weight excluding hydrogens is 120 g/mol. The molecule has 0 bridgehead atoms. The molecule has 0 saturated heterocycles. The van der Waals surface area contributed by atoms with Crippen LogP contribution in [0.25, 0.3) is 0 Å². The van der Waals surface area contributed by atoms with Gasteiger partial charge in [0.1, 0.15) is 0 Å². The van der Waals surface area contributed by atoms with Gasteiger partial charge in [0.15, 0.2) is 0 Å². The Morgan fingerprint density at radius 2 is 2.22 bits per heavy atom. The summed E-state index contributed by atoms with van der Waals surface area (Å²) in [6.45, 7) is 5.19. The van der Waals surface area contributed by atoms with E-state index in [4.69, 9.17) is 14.9 Å². The number of aliphatic hydroxyl groups is 2. The molecule has 0 amide bonds. The standard InChI is InChI=1S/C6H13O3/c1-5(8)4-9-6(2)3-7/h5-8H,2-4H2,1H3. The molecule has 55 valence electrons. The fourth-order valence-electron chi connectivity index (χ4n) is 0.328. The molecule has 2 N–H and O–H groups in total. The van der Waals surface area contributed by atoms with Crippen molar-refractivity contribution in [1.82, 2.24) is 0 Å². The van der Waals surface area contributed by atoms with Crippen molar-refractivity contribution in [3.05, 3.63) is 6.92 Å². The Balaban J connectivity index is 3.06. The van der Waals surface area contributed by atoms with E-state index in [0.717, 1.165) is 0 Å². The second kappa shape index (κ2) is 4.73. The van der Waals surface area contributed by atoms with E-state index in [2.05, 4.69) is 6.92 Å². The molecule has 0 aromatic heterocycles. The van der Waals surface area contributed by atoms with Crippen LogP contribution in [0.1, 0.15) is 6.92 Å². The first kappa shape index (κ1) is 8.88. The molecule has 0 aliphatic rings. The van der Waals surface area contributed by atoms with Crippen molar-refractivity contribution >= 4 is 0 Å². The zero-order valence-corrected chi connectivity index (χ0v) is 5.58. The van der Waals surface area contributed by atoms with E-state index in [9.17, 15) is 0 Å². The minimum absolute atomic E-state index is 0.104. The average Bonchev–Trinajstić information content (AvgIpc) is 1.83. The van der Waals surface area contributed by atoms with Crippen molar-refractivity contribution in [3.63, 3.8) is 0 Å². The van der Waals surface area contributed by atoms with Crippen LogP contribution in [0.4, 0.5) is 0 Å². The fourth-order valence-corrected chi connectivity index (χ4v) is 0.328. The van der Waals surface area contributed by atoms with E-state index in [-0.39, 0.29) is 13.2 Å². The van der Waals surface area contributed by atoms with Crippen LogP contribution in [0.3, 0.4) is 0 Å². The minimum atomic E-state index is -0.485. The Morgan fingerprint density at radius 3 is 2.56 bits per heavy atom. The molecule has 0 rings (SSSR count). The van der Waals surface area contributed by atoms with E-state index in [1.807, 2.05) is 0 Å². The second-order valence-corrected chi connectivity index (χ2v) is 1.99. The average molecular weight is 133 g/mol. The first-order chi connectivity index (χ1) is 4.16. The van der Waals surface area contributed by atoms with Gasteiger partial charge in [-0.1, -0.05) is 0 Å². The number of ether oxygens (including phenoxy) is 1. The minimum Gasteiger partial charge on any atom is -0.394 e. The number of hydrogen-bond acceptors (Lipinski definition) is 3. The zero-order valence-electron chi connectivity index (χ0n) is 5.58. The third-order valence-electron chi connectivity index (χ3n) is 0.777. The quantitative estimate of drug-likeness (QED) is 0.547. The maximum absolute atomic E-state index is 8.66. The monoisotopic (exact) mass is 133 g/mol. The molecular formula is C6H13O3. The normalized spacial score (nSPS) is 17.3. The topological polar surface area (TPSA) is 49.7 Å². The van der Waals surface area contributed by atoms with Crippen LogP contribution in [0.2, 0.25) is 0 Å². The SMILES string of the molecule is [CH2]C(CO)OCC(C)O. The molecule has 0 heterocycles. The Morgan fingerprint density at radius 1 is 1.67 bits per heavy atom. The van der Waals surface area contributed by atoms with E-state index < -0.39 is 12.2 Å². The largest absolute Gasteiger partial charge is 0.394 e. The van der Waals surface area contributed by atoms with Crippen molar-refractivity contribution < 1.29 is 14.9 Å². The highest BCUT2D eigenvalue weighted by atomic mass is 16.5. The van der Waals surface area contributed by atoms with Gasteiger partial charge in [-0.2, -0.15) is 0 Å². The third kappa shape index (κ3) is 5.76. The lowest BCUT2D eigenvalue weighted by Crippen LogP contribution is -2.19. The van der Waals surface area contributed by atoms with Crippen LogP contribution in [0.15, 0.2) is 0 Å². The van der Waals surface area contributed by atoms with E-state index in [1.165, 1.54) is 0 Å². The van der Waals surface area contributed by atoms with Gasteiger partial charge in [-0.05, 0) is 13.8 Å². The molecule has 0 saturated carbocycles. The van der Waals surface area contributed by atoms with Crippen molar-refractivity contribution in [1.29, 1.82) is 0 Å². The van der Waals surface area contributed by atoms with Gasteiger partial charge in [-0.25, -0.2) is 0 Å². The van der Waals surface area contributed by atoms with Gasteiger partial charge in [0.05, 0.1) is 25.4 Å². The highest BCUT2D eigenvalue weighted by molar-refractivity contribution is 4.57. The van der Waals surface area contributed by atoms with Crippen LogP contribution in [0.5, 0.6) is 0 Å². The second-order valence-electron chi connectivity index (χ2n) is 1.99. The number of hydrogen-bond donors (Lipinski definition) is 2. The Kier molecular flexibility index (Phi) is 4.67. The molecule has 0 aromatic rings. The summed E-state index contributed by atoms with van der Waals surface area (Å²) in [4.78, 5) is 0. The van der Waals surface area contributed by atoms with Gasteiger partial charge < -0.3 is 14.9 Å². The molecule has 3 heteroatoms. The van der Waals surface area contributed by atoms with Gasteiger partial charge in [-0.15, -0.1) is 0 Å². The maximum atomic E-state index is 8.66. The van der Waals surface area contributed by atoms with Crippen LogP contribution in [0, 0.1) is 6.92 Å². The Labute approximate surface area is 55.3 Å². The van der Waals surface area contributed by atoms with Crippen molar-refractivity contribution in [2.24, 2.45) is 0 Å². The summed E-state index contributed by atoms with van der Waals surface area (Å²) in [5, 5.41) is 17.0. The van der Waals surface area contributed by atoms with Gasteiger partial charge in [0.25, 0.3) is 0 Å². The number of rotatable bonds is 4. The number of aliphatic hydroxyl groups excluding tert-OH is 2. The summed E-state index contributed by atoms with van der Waals surface area (Å²) in [6.07, 6.45) is -0.902. The summed E-state index contributed by atoms with van der Waals surface area (Å²) in [7, 11) is 0. The lowest BCUT2D eigenvalue weighted by molar-refractivity contribution is -0.00601. The molecule has 0 aliphatic heterocycles. The molecule has 1 radical (unpaired) electrons. The predicted octanol–water partition coefficient (Wildman–Crippen LogP) is -0.421. The van der Waals surface area contributed by atoms with Crippen LogP contribution in [-0.2, 0) is 4.74 Å². The molecule has 2 atom stereocenters. The van der Waals surface area contributed by atoms with Crippen LogP contribution < -0.4 is 0 Å². The molecule has 9 heavy (non-hydrogen) atoms. The summed E-state index contributed by atoms with van der Waals surface area (Å²) in [5.41, 5.74) is 0. The summed E-state index contributed by atoms with van der Waals surface area (Å²) in [6, 6.07) is 0. The molecule has 0 spiro atoms. The predicted molar refractivity (Wildman–Crippen MR) is 33.9 cm³/mol. The van der Waals surface area contributed by atoms with E-state index >= 15 is 0 Å². The fraction of sp³-hybridized carbons (Fsp3) is 0.833. The molecule has 0 aliphatic carbocycles. The zero-order chi connectivity index (χ0) is 7.28. The summed E-state index contributed by atoms with van der Waals surface area (Å²) < 4.78 is 4.84. The summed E-state index contributed by atoms with van der Waals surface area (Å²) in [5.74, 6) is 0. The molecule has 0 aromatic carbocycles. The van der Waals surface area contributed by atoms with Gasteiger partial charge in [0, 0.05) is 0 Å². The van der Waals surface area contributed by atoms with E-state index in [0.29, 0.717) is 0 Å². The van der Waals surface area contributed by atoms with Gasteiger partial charge >= 0.3 is 0 Å². The highest BCUT2D eigenvalue weighted by Gasteiger charge is 2.00. The molecule has 3 nitrogen and oxygen atoms in total. The smallest absolute Gasteiger partial charge is 0.0808 e.